The number of rotatable bonds is 6. The standard InChI is InChI=1S/C23H31FN4O2/c1-5-21-20(14-25-28(21)19-8-6-18(24)7-9-19)23(30)27-12-10-17(11-13-27)22(29)26-16(4)15(2)3/h6-9,14-17H,5,10-13H2,1-4H3,(H,26,29). The molecular formula is C23H31FN4O2. The van der Waals surface area contributed by atoms with Crippen LogP contribution < -0.4 is 5.32 Å². The summed E-state index contributed by atoms with van der Waals surface area (Å²) >= 11 is 0. The second kappa shape index (κ2) is 9.41. The third-order valence-corrected chi connectivity index (χ3v) is 6.03. The molecule has 2 heterocycles. The lowest BCUT2D eigenvalue weighted by molar-refractivity contribution is -0.127. The summed E-state index contributed by atoms with van der Waals surface area (Å²) in [5.41, 5.74) is 2.09. The Kier molecular flexibility index (Phi) is 6.90. The molecule has 1 fully saturated rings. The summed E-state index contributed by atoms with van der Waals surface area (Å²) in [6.07, 6.45) is 3.55. The van der Waals surface area contributed by atoms with Crippen LogP contribution in [-0.4, -0.2) is 45.6 Å². The fraction of sp³-hybridized carbons (Fsp3) is 0.522. The largest absolute Gasteiger partial charge is 0.353 e. The van der Waals surface area contributed by atoms with Crippen molar-refractivity contribution in [1.29, 1.82) is 0 Å². The normalized spacial score (nSPS) is 16.0. The monoisotopic (exact) mass is 414 g/mol. The lowest BCUT2D eigenvalue weighted by Gasteiger charge is -2.32. The van der Waals surface area contributed by atoms with Crippen LogP contribution in [0, 0.1) is 17.7 Å². The number of carbonyl (C=O) groups is 2. The zero-order chi connectivity index (χ0) is 21.8. The zero-order valence-corrected chi connectivity index (χ0v) is 18.2. The summed E-state index contributed by atoms with van der Waals surface area (Å²) in [5, 5.41) is 7.46. The van der Waals surface area contributed by atoms with Gasteiger partial charge < -0.3 is 10.2 Å². The highest BCUT2D eigenvalue weighted by Gasteiger charge is 2.30. The van der Waals surface area contributed by atoms with Gasteiger partial charge in [-0.15, -0.1) is 0 Å². The van der Waals surface area contributed by atoms with Crippen molar-refractivity contribution < 1.29 is 14.0 Å². The number of amides is 2. The number of hydrogen-bond donors (Lipinski definition) is 1. The molecule has 7 heteroatoms. The molecule has 162 valence electrons. The highest BCUT2D eigenvalue weighted by molar-refractivity contribution is 5.95. The van der Waals surface area contributed by atoms with Crippen LogP contribution in [0.4, 0.5) is 4.39 Å². The quantitative estimate of drug-likeness (QED) is 0.786. The summed E-state index contributed by atoms with van der Waals surface area (Å²) < 4.78 is 14.9. The molecule has 0 saturated carbocycles. The molecule has 0 bridgehead atoms. The maximum atomic E-state index is 13.2. The number of benzene rings is 1. The first kappa shape index (κ1) is 22.0. The van der Waals surface area contributed by atoms with E-state index >= 15 is 0 Å². The molecule has 1 aliphatic rings. The van der Waals surface area contributed by atoms with Gasteiger partial charge in [-0.3, -0.25) is 9.59 Å². The highest BCUT2D eigenvalue weighted by atomic mass is 19.1. The third kappa shape index (κ3) is 4.71. The van der Waals surface area contributed by atoms with Crippen molar-refractivity contribution in [3.05, 3.63) is 47.5 Å². The first-order valence-corrected chi connectivity index (χ1v) is 10.7. The molecule has 3 rings (SSSR count). The summed E-state index contributed by atoms with van der Waals surface area (Å²) in [6, 6.07) is 6.21. The molecular weight excluding hydrogens is 383 g/mol. The van der Waals surface area contributed by atoms with Crippen LogP contribution in [0.25, 0.3) is 5.69 Å². The Balaban J connectivity index is 1.67. The van der Waals surface area contributed by atoms with E-state index in [1.165, 1.54) is 12.1 Å². The van der Waals surface area contributed by atoms with Crippen molar-refractivity contribution in [3.63, 3.8) is 0 Å². The SMILES string of the molecule is CCc1c(C(=O)N2CCC(C(=O)NC(C)C(C)C)CC2)cnn1-c1ccc(F)cc1. The predicted molar refractivity (Wildman–Crippen MR) is 114 cm³/mol. The number of likely N-dealkylation sites (tertiary alicyclic amines) is 1. The first-order valence-electron chi connectivity index (χ1n) is 10.7. The van der Waals surface area contributed by atoms with Gasteiger partial charge in [0, 0.05) is 25.0 Å². The number of hydrogen-bond acceptors (Lipinski definition) is 3. The summed E-state index contributed by atoms with van der Waals surface area (Å²) in [6.45, 7) is 9.27. The minimum absolute atomic E-state index is 0.0529. The highest BCUT2D eigenvalue weighted by Crippen LogP contribution is 2.23. The van der Waals surface area contributed by atoms with Crippen LogP contribution in [0.5, 0.6) is 0 Å². The van der Waals surface area contributed by atoms with E-state index in [9.17, 15) is 14.0 Å². The number of nitrogens with one attached hydrogen (secondary N) is 1. The van der Waals surface area contributed by atoms with Gasteiger partial charge in [-0.25, -0.2) is 9.07 Å². The minimum Gasteiger partial charge on any atom is -0.353 e. The number of nitrogens with zero attached hydrogens (tertiary/aromatic N) is 3. The van der Waals surface area contributed by atoms with E-state index in [-0.39, 0.29) is 29.6 Å². The average molecular weight is 415 g/mol. The molecule has 1 unspecified atom stereocenters. The molecule has 2 amide bonds. The Morgan fingerprint density at radius 2 is 1.80 bits per heavy atom. The van der Waals surface area contributed by atoms with Crippen LogP contribution in [0.3, 0.4) is 0 Å². The number of piperidine rings is 1. The smallest absolute Gasteiger partial charge is 0.257 e. The van der Waals surface area contributed by atoms with Gasteiger partial charge in [-0.1, -0.05) is 20.8 Å². The Morgan fingerprint density at radius 3 is 2.37 bits per heavy atom. The molecule has 1 saturated heterocycles. The molecule has 0 aliphatic carbocycles. The van der Waals surface area contributed by atoms with Crippen molar-refractivity contribution >= 4 is 11.8 Å². The average Bonchev–Trinajstić information content (AvgIpc) is 3.17. The lowest BCUT2D eigenvalue weighted by atomic mass is 9.94. The fourth-order valence-corrected chi connectivity index (χ4v) is 3.72. The van der Waals surface area contributed by atoms with Crippen LogP contribution in [0.15, 0.2) is 30.5 Å². The van der Waals surface area contributed by atoms with Crippen molar-refractivity contribution in [1.82, 2.24) is 20.0 Å². The molecule has 6 nitrogen and oxygen atoms in total. The van der Waals surface area contributed by atoms with Crippen LogP contribution in [0.2, 0.25) is 0 Å². The van der Waals surface area contributed by atoms with Gasteiger partial charge >= 0.3 is 0 Å². The predicted octanol–water partition coefficient (Wildman–Crippen LogP) is 3.59. The molecule has 2 aromatic rings. The number of halogens is 1. The Hall–Kier alpha value is -2.70. The molecule has 30 heavy (non-hydrogen) atoms. The zero-order valence-electron chi connectivity index (χ0n) is 18.2. The topological polar surface area (TPSA) is 67.2 Å². The molecule has 1 atom stereocenters. The van der Waals surface area contributed by atoms with Crippen LogP contribution in [0.1, 0.15) is 56.6 Å². The molecule has 0 spiro atoms. The maximum Gasteiger partial charge on any atom is 0.257 e. The Labute approximate surface area is 177 Å². The van der Waals surface area contributed by atoms with Crippen molar-refractivity contribution in [3.8, 4) is 5.69 Å². The van der Waals surface area contributed by atoms with E-state index in [0.717, 1.165) is 11.4 Å². The van der Waals surface area contributed by atoms with E-state index < -0.39 is 0 Å². The van der Waals surface area contributed by atoms with Crippen molar-refractivity contribution in [2.75, 3.05) is 13.1 Å². The Morgan fingerprint density at radius 1 is 1.17 bits per heavy atom. The van der Waals surface area contributed by atoms with Gasteiger partial charge in [-0.2, -0.15) is 5.10 Å². The van der Waals surface area contributed by atoms with E-state index in [4.69, 9.17) is 0 Å². The van der Waals surface area contributed by atoms with Gasteiger partial charge in [-0.05, 0) is 56.4 Å². The van der Waals surface area contributed by atoms with Gasteiger partial charge in [0.2, 0.25) is 5.91 Å². The molecule has 1 aromatic heterocycles. The first-order chi connectivity index (χ1) is 14.3. The summed E-state index contributed by atoms with van der Waals surface area (Å²) in [7, 11) is 0. The molecule has 0 radical (unpaired) electrons. The molecule has 1 aliphatic heterocycles. The van der Waals surface area contributed by atoms with Crippen molar-refractivity contribution in [2.24, 2.45) is 11.8 Å². The molecule has 1 N–H and O–H groups in total. The van der Waals surface area contributed by atoms with E-state index in [1.807, 2.05) is 13.8 Å². The second-order valence-electron chi connectivity index (χ2n) is 8.35. The van der Waals surface area contributed by atoms with Crippen LogP contribution >= 0.6 is 0 Å². The van der Waals surface area contributed by atoms with Crippen molar-refractivity contribution in [2.45, 2.75) is 53.0 Å². The van der Waals surface area contributed by atoms with Crippen LogP contribution in [-0.2, 0) is 11.2 Å². The minimum atomic E-state index is -0.310. The van der Waals surface area contributed by atoms with E-state index in [1.54, 1.807) is 27.9 Å². The van der Waals surface area contributed by atoms with Gasteiger partial charge in [0.05, 0.1) is 23.1 Å². The van der Waals surface area contributed by atoms with E-state index in [0.29, 0.717) is 43.8 Å². The summed E-state index contributed by atoms with van der Waals surface area (Å²) in [5.74, 6) is 0.0507. The second-order valence-corrected chi connectivity index (χ2v) is 8.35. The lowest BCUT2D eigenvalue weighted by Crippen LogP contribution is -2.45. The fourth-order valence-electron chi connectivity index (χ4n) is 3.72. The molecule has 1 aromatic carbocycles. The van der Waals surface area contributed by atoms with Gasteiger partial charge in [0.1, 0.15) is 5.82 Å². The number of aromatic nitrogens is 2. The summed E-state index contributed by atoms with van der Waals surface area (Å²) in [4.78, 5) is 27.4. The van der Waals surface area contributed by atoms with Gasteiger partial charge in [0.15, 0.2) is 0 Å². The maximum absolute atomic E-state index is 13.2. The third-order valence-electron chi connectivity index (χ3n) is 6.03. The Bertz CT molecular complexity index is 883. The van der Waals surface area contributed by atoms with E-state index in [2.05, 4.69) is 24.3 Å². The number of carbonyl (C=O) groups excluding carboxylic acids is 2. The van der Waals surface area contributed by atoms with Gasteiger partial charge in [0.25, 0.3) is 5.91 Å².